The predicted octanol–water partition coefficient (Wildman–Crippen LogP) is 1.87. The molecule has 0 radical (unpaired) electrons. The molecule has 0 aliphatic carbocycles. The lowest BCUT2D eigenvalue weighted by molar-refractivity contribution is -0.136. The van der Waals surface area contributed by atoms with Gasteiger partial charge in [-0.3, -0.25) is 4.79 Å². The third kappa shape index (κ3) is 4.52. The number of amides is 1. The number of hydrogen-bond donors (Lipinski definition) is 2. The molecule has 0 aliphatic heterocycles. The van der Waals surface area contributed by atoms with E-state index in [2.05, 4.69) is 5.32 Å². The number of nitrogens with one attached hydrogen (secondary N) is 1. The summed E-state index contributed by atoms with van der Waals surface area (Å²) in [6.07, 6.45) is 0. The van der Waals surface area contributed by atoms with Gasteiger partial charge < -0.3 is 15.2 Å². The summed E-state index contributed by atoms with van der Waals surface area (Å²) in [6, 6.07) is 5.45. The summed E-state index contributed by atoms with van der Waals surface area (Å²) in [6.45, 7) is 6.46. The topological polar surface area (TPSA) is 58.6 Å². The number of ether oxygens (including phenoxy) is 1. The Morgan fingerprint density at radius 2 is 1.79 bits per heavy atom. The average molecular weight is 269 g/mol. The highest BCUT2D eigenvalue weighted by atomic mass is 19.1. The minimum absolute atomic E-state index is 0.175. The van der Waals surface area contributed by atoms with E-state index < -0.39 is 11.1 Å². The van der Waals surface area contributed by atoms with Gasteiger partial charge in [0.2, 0.25) is 0 Å². The van der Waals surface area contributed by atoms with Gasteiger partial charge in [0, 0.05) is 0 Å². The lowest BCUT2D eigenvalue weighted by Gasteiger charge is -2.31. The Kier molecular flexibility index (Phi) is 4.52. The van der Waals surface area contributed by atoms with Crippen LogP contribution in [0, 0.1) is 5.82 Å². The standard InChI is InChI=1S/C14H20FNO3/c1-13(2,9-17)16-12(18)14(3,4)19-11-7-5-10(15)6-8-11/h5-8,17H,9H2,1-4H3,(H,16,18). The van der Waals surface area contributed by atoms with Gasteiger partial charge in [-0.2, -0.15) is 0 Å². The van der Waals surface area contributed by atoms with E-state index in [9.17, 15) is 9.18 Å². The highest BCUT2D eigenvalue weighted by Crippen LogP contribution is 2.19. The summed E-state index contributed by atoms with van der Waals surface area (Å²) in [7, 11) is 0. The molecular weight excluding hydrogens is 249 g/mol. The molecule has 0 bridgehead atoms. The van der Waals surface area contributed by atoms with Gasteiger partial charge in [0.1, 0.15) is 11.6 Å². The summed E-state index contributed by atoms with van der Waals surface area (Å²) in [5.74, 6) is -0.310. The molecule has 19 heavy (non-hydrogen) atoms. The predicted molar refractivity (Wildman–Crippen MR) is 70.4 cm³/mol. The minimum atomic E-state index is -1.12. The smallest absolute Gasteiger partial charge is 0.264 e. The first-order valence-corrected chi connectivity index (χ1v) is 6.04. The van der Waals surface area contributed by atoms with Crippen molar-refractivity contribution in [2.24, 2.45) is 0 Å². The Balaban J connectivity index is 2.75. The van der Waals surface area contributed by atoms with Crippen LogP contribution in [0.4, 0.5) is 4.39 Å². The van der Waals surface area contributed by atoms with Gasteiger partial charge in [0.25, 0.3) is 5.91 Å². The fourth-order valence-electron chi connectivity index (χ4n) is 1.34. The van der Waals surface area contributed by atoms with Crippen LogP contribution in [0.1, 0.15) is 27.7 Å². The zero-order valence-electron chi connectivity index (χ0n) is 11.7. The first kappa shape index (κ1) is 15.4. The molecule has 0 aliphatic rings. The van der Waals surface area contributed by atoms with Crippen LogP contribution in [0.2, 0.25) is 0 Å². The normalized spacial score (nSPS) is 12.1. The first-order valence-electron chi connectivity index (χ1n) is 6.04. The van der Waals surface area contributed by atoms with E-state index in [1.807, 2.05) is 0 Å². The van der Waals surface area contributed by atoms with Crippen molar-refractivity contribution in [3.05, 3.63) is 30.1 Å². The molecule has 0 saturated heterocycles. The second kappa shape index (κ2) is 5.57. The van der Waals surface area contributed by atoms with Gasteiger partial charge in [0.05, 0.1) is 12.1 Å². The van der Waals surface area contributed by atoms with Crippen LogP contribution in [0.15, 0.2) is 24.3 Å². The summed E-state index contributed by atoms with van der Waals surface area (Å²) >= 11 is 0. The zero-order valence-corrected chi connectivity index (χ0v) is 11.7. The molecule has 0 heterocycles. The number of hydrogen-bond acceptors (Lipinski definition) is 3. The third-order valence-corrected chi connectivity index (χ3v) is 2.58. The van der Waals surface area contributed by atoms with E-state index in [1.54, 1.807) is 27.7 Å². The Bertz CT molecular complexity index is 441. The molecule has 0 spiro atoms. The summed E-state index contributed by atoms with van der Waals surface area (Å²) < 4.78 is 18.3. The van der Waals surface area contributed by atoms with Gasteiger partial charge >= 0.3 is 0 Å². The molecule has 0 unspecified atom stereocenters. The Hall–Kier alpha value is -1.62. The maximum absolute atomic E-state index is 12.8. The first-order chi connectivity index (χ1) is 8.66. The van der Waals surface area contributed by atoms with E-state index >= 15 is 0 Å². The van der Waals surface area contributed by atoms with Crippen LogP contribution >= 0.6 is 0 Å². The summed E-state index contributed by atoms with van der Waals surface area (Å²) in [5, 5.41) is 11.8. The van der Waals surface area contributed by atoms with Crippen molar-refractivity contribution in [2.45, 2.75) is 38.8 Å². The molecule has 4 nitrogen and oxygen atoms in total. The number of carbonyl (C=O) groups excluding carboxylic acids is 1. The van der Waals surface area contributed by atoms with E-state index in [-0.39, 0.29) is 18.3 Å². The SMILES string of the molecule is CC(C)(CO)NC(=O)C(C)(C)Oc1ccc(F)cc1. The molecule has 0 saturated carbocycles. The van der Waals surface area contributed by atoms with Crippen LogP contribution in [-0.4, -0.2) is 28.8 Å². The van der Waals surface area contributed by atoms with Gasteiger partial charge in [-0.05, 0) is 52.0 Å². The fourth-order valence-corrected chi connectivity index (χ4v) is 1.34. The summed E-state index contributed by atoms with van der Waals surface area (Å²) in [5.41, 5.74) is -1.84. The number of aliphatic hydroxyl groups excluding tert-OH is 1. The molecule has 1 rings (SSSR count). The number of aliphatic hydroxyl groups is 1. The molecular formula is C14H20FNO3. The molecule has 1 amide bonds. The van der Waals surface area contributed by atoms with E-state index in [0.717, 1.165) is 0 Å². The maximum Gasteiger partial charge on any atom is 0.264 e. The highest BCUT2D eigenvalue weighted by Gasteiger charge is 2.33. The molecule has 1 aromatic rings. The molecule has 2 N–H and O–H groups in total. The van der Waals surface area contributed by atoms with Crippen molar-refractivity contribution in [1.82, 2.24) is 5.32 Å². The quantitative estimate of drug-likeness (QED) is 0.858. The van der Waals surface area contributed by atoms with Crippen molar-refractivity contribution >= 4 is 5.91 Å². The highest BCUT2D eigenvalue weighted by molar-refractivity contribution is 5.85. The van der Waals surface area contributed by atoms with Crippen LogP contribution in [-0.2, 0) is 4.79 Å². The Morgan fingerprint density at radius 1 is 1.26 bits per heavy atom. The van der Waals surface area contributed by atoms with Gasteiger partial charge in [-0.1, -0.05) is 0 Å². The van der Waals surface area contributed by atoms with Crippen molar-refractivity contribution in [3.8, 4) is 5.75 Å². The van der Waals surface area contributed by atoms with E-state index in [0.29, 0.717) is 5.75 Å². The zero-order chi connectivity index (χ0) is 14.7. The van der Waals surface area contributed by atoms with Gasteiger partial charge in [-0.25, -0.2) is 4.39 Å². The largest absolute Gasteiger partial charge is 0.478 e. The fraction of sp³-hybridized carbons (Fsp3) is 0.500. The maximum atomic E-state index is 12.8. The molecule has 106 valence electrons. The van der Waals surface area contributed by atoms with E-state index in [4.69, 9.17) is 9.84 Å². The van der Waals surface area contributed by atoms with Crippen LogP contribution < -0.4 is 10.1 Å². The number of benzene rings is 1. The number of halogens is 1. The van der Waals surface area contributed by atoms with Crippen molar-refractivity contribution in [1.29, 1.82) is 0 Å². The molecule has 1 aromatic carbocycles. The van der Waals surface area contributed by atoms with Crippen LogP contribution in [0.25, 0.3) is 0 Å². The van der Waals surface area contributed by atoms with Crippen molar-refractivity contribution in [2.75, 3.05) is 6.61 Å². The van der Waals surface area contributed by atoms with Gasteiger partial charge in [0.15, 0.2) is 5.60 Å². The number of carbonyl (C=O) groups is 1. The second-order valence-corrected chi connectivity index (χ2v) is 5.56. The molecule has 0 fully saturated rings. The minimum Gasteiger partial charge on any atom is -0.478 e. The lowest BCUT2D eigenvalue weighted by Crippen LogP contribution is -2.55. The third-order valence-electron chi connectivity index (χ3n) is 2.58. The van der Waals surface area contributed by atoms with Crippen molar-refractivity contribution in [3.63, 3.8) is 0 Å². The number of rotatable bonds is 5. The molecule has 0 atom stereocenters. The lowest BCUT2D eigenvalue weighted by atomic mass is 10.0. The average Bonchev–Trinajstić information content (AvgIpc) is 2.31. The Labute approximate surface area is 112 Å². The molecule has 5 heteroatoms. The second-order valence-electron chi connectivity index (χ2n) is 5.56. The van der Waals surface area contributed by atoms with E-state index in [1.165, 1.54) is 24.3 Å². The van der Waals surface area contributed by atoms with Crippen molar-refractivity contribution < 1.29 is 19.0 Å². The van der Waals surface area contributed by atoms with Crippen LogP contribution in [0.3, 0.4) is 0 Å². The van der Waals surface area contributed by atoms with Gasteiger partial charge in [-0.15, -0.1) is 0 Å². The molecule has 0 aromatic heterocycles. The van der Waals surface area contributed by atoms with Crippen LogP contribution in [0.5, 0.6) is 5.75 Å². The summed E-state index contributed by atoms with van der Waals surface area (Å²) in [4.78, 5) is 12.1. The monoisotopic (exact) mass is 269 g/mol. The Morgan fingerprint density at radius 3 is 2.26 bits per heavy atom.